The second-order valence-corrected chi connectivity index (χ2v) is 14.1. The van der Waals surface area contributed by atoms with Crippen molar-refractivity contribution in [2.24, 2.45) is 34.5 Å². The van der Waals surface area contributed by atoms with E-state index in [1.54, 1.807) is 11.1 Å². The molecule has 1 heterocycles. The molecule has 1 saturated heterocycles. The van der Waals surface area contributed by atoms with Crippen LogP contribution in [0.25, 0.3) is 0 Å². The molecule has 0 amide bonds. The lowest BCUT2D eigenvalue weighted by molar-refractivity contribution is -0.312. The molecule has 6 unspecified atom stereocenters. The maximum Gasteiger partial charge on any atom is 0.169 e. The number of hydrogen-bond donors (Lipinski definition) is 0. The number of rotatable bonds is 3. The highest BCUT2D eigenvalue weighted by atomic mass is 16.7. The van der Waals surface area contributed by atoms with Gasteiger partial charge >= 0.3 is 0 Å². The predicted molar refractivity (Wildman–Crippen MR) is 153 cm³/mol. The molecule has 208 valence electrons. The van der Waals surface area contributed by atoms with Gasteiger partial charge in [0.2, 0.25) is 0 Å². The Morgan fingerprint density at radius 2 is 1.74 bits per heavy atom. The van der Waals surface area contributed by atoms with Crippen molar-refractivity contribution in [1.29, 1.82) is 5.26 Å². The van der Waals surface area contributed by atoms with Crippen LogP contribution >= 0.6 is 0 Å². The molecular weight excluding hydrogens is 482 g/mol. The van der Waals surface area contributed by atoms with E-state index >= 15 is 0 Å². The van der Waals surface area contributed by atoms with Crippen molar-refractivity contribution in [2.75, 3.05) is 26.4 Å². The average Bonchev–Trinajstić information content (AvgIpc) is 3.24. The highest BCUT2D eigenvalue weighted by Gasteiger charge is 2.57. The van der Waals surface area contributed by atoms with Crippen molar-refractivity contribution in [3.05, 3.63) is 46.5 Å². The molecule has 4 nitrogen and oxygen atoms in total. The molecule has 0 radical (unpaired) electrons. The van der Waals surface area contributed by atoms with E-state index in [0.717, 1.165) is 55.8 Å². The van der Waals surface area contributed by atoms with E-state index in [1.807, 2.05) is 6.07 Å². The summed E-state index contributed by atoms with van der Waals surface area (Å²) in [4.78, 5) is 0. The molecule has 4 heteroatoms. The van der Waals surface area contributed by atoms with Gasteiger partial charge in [0.25, 0.3) is 0 Å². The van der Waals surface area contributed by atoms with E-state index in [-0.39, 0.29) is 17.8 Å². The van der Waals surface area contributed by atoms with Crippen LogP contribution in [-0.4, -0.2) is 32.2 Å². The monoisotopic (exact) mass is 527 g/mol. The molecule has 6 rings (SSSR count). The number of nitrogens with zero attached hydrogens (tertiary/aromatic N) is 1. The second kappa shape index (κ2) is 10.4. The summed E-state index contributed by atoms with van der Waals surface area (Å²) in [6, 6.07) is 11.0. The largest absolute Gasteiger partial charge is 0.354 e. The summed E-state index contributed by atoms with van der Waals surface area (Å²) >= 11 is 0. The van der Waals surface area contributed by atoms with Crippen LogP contribution in [0.4, 0.5) is 0 Å². The first-order valence-corrected chi connectivity index (χ1v) is 15.3. The van der Waals surface area contributed by atoms with Gasteiger partial charge in [0.05, 0.1) is 19.3 Å². The van der Waals surface area contributed by atoms with Gasteiger partial charge in [0, 0.05) is 29.7 Å². The Balaban J connectivity index is 1.30. The molecule has 0 aromatic heterocycles. The molecule has 3 saturated carbocycles. The van der Waals surface area contributed by atoms with E-state index < -0.39 is 0 Å². The third-order valence-electron chi connectivity index (χ3n) is 11.1. The molecule has 1 spiro atoms. The lowest BCUT2D eigenvalue weighted by Gasteiger charge is -2.55. The Hall–Kier alpha value is -2.11. The zero-order valence-corrected chi connectivity index (χ0v) is 24.4. The average molecular weight is 528 g/mol. The SMILES string of the molecule is CC1CCC2C3CCC4CC5(CCC4=C3C(c3ccc(C#CCOCC#N)cc3)CC12C)OCC(C)(C)CO5. The molecule has 0 N–H and O–H groups in total. The molecule has 6 atom stereocenters. The first-order valence-electron chi connectivity index (χ1n) is 15.3. The number of ether oxygens (including phenoxy) is 3. The van der Waals surface area contributed by atoms with E-state index in [9.17, 15) is 0 Å². The van der Waals surface area contributed by atoms with Gasteiger partial charge in [-0.15, -0.1) is 0 Å². The number of allylic oxidation sites excluding steroid dienone is 2. The van der Waals surface area contributed by atoms with Gasteiger partial charge in [0.15, 0.2) is 5.79 Å². The van der Waals surface area contributed by atoms with E-state index in [0.29, 0.717) is 23.9 Å². The van der Waals surface area contributed by atoms with Crippen molar-refractivity contribution in [2.45, 2.75) is 90.8 Å². The maximum atomic E-state index is 8.63. The molecular formula is C35H45NO3. The van der Waals surface area contributed by atoms with Gasteiger partial charge < -0.3 is 14.2 Å². The van der Waals surface area contributed by atoms with Gasteiger partial charge in [-0.2, -0.15) is 5.26 Å². The highest BCUT2D eigenvalue weighted by molar-refractivity contribution is 5.43. The zero-order chi connectivity index (χ0) is 27.3. The number of fused-ring (bicyclic) bond motifs is 4. The first kappa shape index (κ1) is 27.1. The quantitative estimate of drug-likeness (QED) is 0.234. The summed E-state index contributed by atoms with van der Waals surface area (Å²) in [5.74, 6) is 9.30. The maximum absolute atomic E-state index is 8.63. The van der Waals surface area contributed by atoms with Crippen molar-refractivity contribution in [3.8, 4) is 17.9 Å². The van der Waals surface area contributed by atoms with Crippen LogP contribution in [0.2, 0.25) is 0 Å². The number of benzene rings is 1. The van der Waals surface area contributed by atoms with Gasteiger partial charge in [-0.1, -0.05) is 62.8 Å². The van der Waals surface area contributed by atoms with Crippen LogP contribution in [0, 0.1) is 57.7 Å². The van der Waals surface area contributed by atoms with Crippen LogP contribution in [0.1, 0.15) is 96.1 Å². The first-order chi connectivity index (χ1) is 18.7. The third-order valence-corrected chi connectivity index (χ3v) is 11.1. The fourth-order valence-electron chi connectivity index (χ4n) is 8.86. The molecule has 4 aliphatic carbocycles. The van der Waals surface area contributed by atoms with E-state index in [2.05, 4.69) is 63.8 Å². The Morgan fingerprint density at radius 3 is 2.49 bits per heavy atom. The third kappa shape index (κ3) is 4.99. The lowest BCUT2D eigenvalue weighted by atomic mass is 9.51. The van der Waals surface area contributed by atoms with Gasteiger partial charge in [0.1, 0.15) is 13.2 Å². The molecule has 1 aromatic rings. The van der Waals surface area contributed by atoms with Gasteiger partial charge in [-0.3, -0.25) is 0 Å². The van der Waals surface area contributed by atoms with Crippen LogP contribution < -0.4 is 0 Å². The van der Waals surface area contributed by atoms with Crippen molar-refractivity contribution < 1.29 is 14.2 Å². The fourth-order valence-corrected chi connectivity index (χ4v) is 8.86. The summed E-state index contributed by atoms with van der Waals surface area (Å²) in [5, 5.41) is 8.63. The summed E-state index contributed by atoms with van der Waals surface area (Å²) in [7, 11) is 0. The number of nitriles is 1. The Bertz CT molecular complexity index is 1200. The number of hydrogen-bond acceptors (Lipinski definition) is 4. The summed E-state index contributed by atoms with van der Waals surface area (Å²) < 4.78 is 18.2. The zero-order valence-electron chi connectivity index (χ0n) is 24.4. The van der Waals surface area contributed by atoms with Crippen LogP contribution in [0.5, 0.6) is 0 Å². The van der Waals surface area contributed by atoms with Crippen molar-refractivity contribution in [3.63, 3.8) is 0 Å². The van der Waals surface area contributed by atoms with E-state index in [1.165, 1.54) is 37.7 Å². The normalized spacial score (nSPS) is 36.2. The Labute approximate surface area is 235 Å². The standard InChI is InChI=1S/C35H45NO3/c1-24-7-14-31-29-13-12-27-20-35(38-22-33(2,3)23-39-35)16-15-28(27)32(29)30(21-34(24,31)4)26-10-8-25(9-11-26)6-5-18-37-19-17-36/h8-11,24,27,29-31H,7,12-16,18-23H2,1-4H3. The topological polar surface area (TPSA) is 51.5 Å². The molecule has 5 aliphatic rings. The van der Waals surface area contributed by atoms with Gasteiger partial charge in [-0.05, 0) is 85.3 Å². The molecule has 1 aromatic carbocycles. The second-order valence-electron chi connectivity index (χ2n) is 14.1. The minimum atomic E-state index is -0.366. The molecule has 0 bridgehead atoms. The Morgan fingerprint density at radius 1 is 0.974 bits per heavy atom. The van der Waals surface area contributed by atoms with Gasteiger partial charge in [-0.25, -0.2) is 0 Å². The van der Waals surface area contributed by atoms with Crippen LogP contribution in [0.15, 0.2) is 35.4 Å². The molecule has 1 aliphatic heterocycles. The minimum absolute atomic E-state index is 0.0877. The summed E-state index contributed by atoms with van der Waals surface area (Å²) in [5.41, 5.74) is 6.56. The minimum Gasteiger partial charge on any atom is -0.354 e. The molecule has 4 fully saturated rings. The predicted octanol–water partition coefficient (Wildman–Crippen LogP) is 7.39. The summed E-state index contributed by atoms with van der Waals surface area (Å²) in [6.07, 6.45) is 9.79. The Kier molecular flexibility index (Phi) is 7.20. The van der Waals surface area contributed by atoms with Crippen molar-refractivity contribution >= 4 is 0 Å². The highest BCUT2D eigenvalue weighted by Crippen LogP contribution is 2.66. The van der Waals surface area contributed by atoms with E-state index in [4.69, 9.17) is 19.5 Å². The van der Waals surface area contributed by atoms with Crippen molar-refractivity contribution in [1.82, 2.24) is 0 Å². The van der Waals surface area contributed by atoms with Crippen LogP contribution in [0.3, 0.4) is 0 Å². The lowest BCUT2D eigenvalue weighted by Crippen LogP contribution is -2.51. The van der Waals surface area contributed by atoms with Crippen LogP contribution in [-0.2, 0) is 14.2 Å². The fraction of sp³-hybridized carbons (Fsp3) is 0.686. The molecule has 39 heavy (non-hydrogen) atoms. The summed E-state index contributed by atoms with van der Waals surface area (Å²) in [6.45, 7) is 11.6. The smallest absolute Gasteiger partial charge is 0.169 e.